The van der Waals surface area contributed by atoms with E-state index in [1.165, 1.54) is 11.8 Å². The van der Waals surface area contributed by atoms with Gasteiger partial charge in [-0.15, -0.1) is 0 Å². The summed E-state index contributed by atoms with van der Waals surface area (Å²) in [5, 5.41) is 2.67. The Morgan fingerprint density at radius 1 is 1.23 bits per heavy atom. The Balaban J connectivity index is 1.50. The molecule has 2 aliphatic rings. The van der Waals surface area contributed by atoms with Crippen molar-refractivity contribution in [2.75, 3.05) is 25.2 Å². The van der Waals surface area contributed by atoms with Gasteiger partial charge in [-0.05, 0) is 31.9 Å². The molecule has 0 bridgehead atoms. The van der Waals surface area contributed by atoms with Crippen molar-refractivity contribution in [1.82, 2.24) is 4.90 Å². The van der Waals surface area contributed by atoms with E-state index in [0.29, 0.717) is 30.2 Å². The molecule has 2 aliphatic heterocycles. The summed E-state index contributed by atoms with van der Waals surface area (Å²) in [6.45, 7) is 2.06. The van der Waals surface area contributed by atoms with Crippen molar-refractivity contribution in [3.63, 3.8) is 0 Å². The van der Waals surface area contributed by atoms with E-state index in [1.807, 2.05) is 0 Å². The number of carbonyl (C=O) groups is 3. The number of hydrogen-bond donors (Lipinski definition) is 1. The molecule has 8 nitrogen and oxygen atoms in total. The van der Waals surface area contributed by atoms with Crippen LogP contribution in [-0.4, -0.2) is 48.7 Å². The van der Waals surface area contributed by atoms with Crippen LogP contribution in [0.15, 0.2) is 18.2 Å². The Morgan fingerprint density at radius 3 is 2.88 bits per heavy atom. The topological polar surface area (TPSA) is 94.2 Å². The first-order chi connectivity index (χ1) is 12.5. The number of rotatable bonds is 5. The molecule has 1 N–H and O–H groups in total. The lowest BCUT2D eigenvalue weighted by Gasteiger charge is -2.20. The van der Waals surface area contributed by atoms with Gasteiger partial charge in [0.1, 0.15) is 6.54 Å². The molecule has 0 saturated carbocycles. The molecular weight excluding hydrogens is 340 g/mol. The average Bonchev–Trinajstić information content (AvgIpc) is 2.98. The Labute approximate surface area is 151 Å². The molecule has 2 amide bonds. The molecule has 0 spiro atoms. The molecular formula is C18H22N2O6. The summed E-state index contributed by atoms with van der Waals surface area (Å²) in [7, 11) is 0. The summed E-state index contributed by atoms with van der Waals surface area (Å²) in [5.41, 5.74) is 0.518. The van der Waals surface area contributed by atoms with Crippen molar-refractivity contribution >= 4 is 23.5 Å². The van der Waals surface area contributed by atoms with Crippen LogP contribution in [0.4, 0.5) is 5.69 Å². The molecule has 0 radical (unpaired) electrons. The minimum atomic E-state index is -0.977. The van der Waals surface area contributed by atoms with Crippen LogP contribution in [0.1, 0.15) is 32.6 Å². The summed E-state index contributed by atoms with van der Waals surface area (Å²) in [5.74, 6) is 0.0709. The zero-order valence-corrected chi connectivity index (χ0v) is 14.7. The van der Waals surface area contributed by atoms with Crippen LogP contribution in [0.2, 0.25) is 0 Å². The second-order valence-corrected chi connectivity index (χ2v) is 6.32. The fourth-order valence-electron chi connectivity index (χ4n) is 2.87. The summed E-state index contributed by atoms with van der Waals surface area (Å²) in [6.07, 6.45) is 2.17. The Kier molecular flexibility index (Phi) is 5.60. The lowest BCUT2D eigenvalue weighted by Crippen LogP contribution is -2.38. The van der Waals surface area contributed by atoms with Crippen molar-refractivity contribution in [1.29, 1.82) is 0 Å². The summed E-state index contributed by atoms with van der Waals surface area (Å²) in [6, 6.07) is 5.01. The Hall–Kier alpha value is -2.77. The third kappa shape index (κ3) is 4.44. The molecule has 1 fully saturated rings. The number of hydrogen-bond acceptors (Lipinski definition) is 6. The molecule has 1 atom stereocenters. The van der Waals surface area contributed by atoms with Crippen LogP contribution in [0.25, 0.3) is 0 Å². The number of anilines is 1. The quantitative estimate of drug-likeness (QED) is 0.801. The number of benzene rings is 1. The summed E-state index contributed by atoms with van der Waals surface area (Å²) in [4.78, 5) is 37.7. The average molecular weight is 362 g/mol. The van der Waals surface area contributed by atoms with E-state index in [1.54, 1.807) is 18.2 Å². The Bertz CT molecular complexity index is 705. The van der Waals surface area contributed by atoms with Crippen molar-refractivity contribution in [3.05, 3.63) is 18.2 Å². The van der Waals surface area contributed by atoms with Crippen LogP contribution in [0, 0.1) is 0 Å². The SMILES string of the molecule is CC(OC(=O)CN1CCCCCC1=O)C(=O)Nc1ccc2c(c1)OCO2. The normalized spacial score (nSPS) is 17.4. The molecule has 0 aliphatic carbocycles. The van der Waals surface area contributed by atoms with E-state index in [9.17, 15) is 14.4 Å². The van der Waals surface area contributed by atoms with Gasteiger partial charge in [0, 0.05) is 24.7 Å². The third-order valence-corrected chi connectivity index (χ3v) is 4.31. The van der Waals surface area contributed by atoms with Gasteiger partial charge in [0.2, 0.25) is 12.7 Å². The highest BCUT2D eigenvalue weighted by atomic mass is 16.7. The van der Waals surface area contributed by atoms with Gasteiger partial charge in [-0.25, -0.2) is 0 Å². The monoisotopic (exact) mass is 362 g/mol. The Morgan fingerprint density at radius 2 is 2.04 bits per heavy atom. The van der Waals surface area contributed by atoms with Crippen molar-refractivity contribution < 1.29 is 28.6 Å². The zero-order valence-electron chi connectivity index (χ0n) is 14.7. The number of nitrogens with one attached hydrogen (secondary N) is 1. The van der Waals surface area contributed by atoms with Crippen LogP contribution in [0.5, 0.6) is 11.5 Å². The fraction of sp³-hybridized carbons (Fsp3) is 0.500. The number of carbonyl (C=O) groups excluding carboxylic acids is 3. The van der Waals surface area contributed by atoms with Crippen LogP contribution in [0.3, 0.4) is 0 Å². The van der Waals surface area contributed by atoms with Crippen molar-refractivity contribution in [2.45, 2.75) is 38.7 Å². The molecule has 26 heavy (non-hydrogen) atoms. The number of nitrogens with zero attached hydrogens (tertiary/aromatic N) is 1. The third-order valence-electron chi connectivity index (χ3n) is 4.31. The maximum atomic E-state index is 12.2. The number of ether oxygens (including phenoxy) is 3. The van der Waals surface area contributed by atoms with Gasteiger partial charge in [-0.3, -0.25) is 14.4 Å². The van der Waals surface area contributed by atoms with Gasteiger partial charge in [-0.2, -0.15) is 0 Å². The number of amides is 2. The predicted molar refractivity (Wildman–Crippen MR) is 91.8 cm³/mol. The van der Waals surface area contributed by atoms with Crippen molar-refractivity contribution in [3.8, 4) is 11.5 Å². The van der Waals surface area contributed by atoms with E-state index >= 15 is 0 Å². The lowest BCUT2D eigenvalue weighted by molar-refractivity contribution is -0.156. The first-order valence-corrected chi connectivity index (χ1v) is 8.71. The largest absolute Gasteiger partial charge is 0.454 e. The maximum Gasteiger partial charge on any atom is 0.326 e. The molecule has 2 heterocycles. The molecule has 1 aromatic rings. The van der Waals surface area contributed by atoms with E-state index in [-0.39, 0.29) is 19.2 Å². The van der Waals surface area contributed by atoms with Gasteiger partial charge in [0.15, 0.2) is 17.6 Å². The van der Waals surface area contributed by atoms with Gasteiger partial charge >= 0.3 is 5.97 Å². The fourth-order valence-corrected chi connectivity index (χ4v) is 2.87. The highest BCUT2D eigenvalue weighted by Crippen LogP contribution is 2.34. The van der Waals surface area contributed by atoms with Gasteiger partial charge in [0.05, 0.1) is 0 Å². The van der Waals surface area contributed by atoms with Crippen molar-refractivity contribution in [2.24, 2.45) is 0 Å². The summed E-state index contributed by atoms with van der Waals surface area (Å²) >= 11 is 0. The number of esters is 1. The van der Waals surface area contributed by atoms with Gasteiger partial charge in [0.25, 0.3) is 5.91 Å². The maximum absolute atomic E-state index is 12.2. The highest BCUT2D eigenvalue weighted by Gasteiger charge is 2.23. The van der Waals surface area contributed by atoms with E-state index < -0.39 is 18.0 Å². The number of fused-ring (bicyclic) bond motifs is 1. The predicted octanol–water partition coefficient (Wildman–Crippen LogP) is 1.69. The lowest BCUT2D eigenvalue weighted by atomic mass is 10.2. The molecule has 140 valence electrons. The van der Waals surface area contributed by atoms with E-state index in [2.05, 4.69) is 5.32 Å². The smallest absolute Gasteiger partial charge is 0.326 e. The van der Waals surface area contributed by atoms with Gasteiger partial charge < -0.3 is 24.4 Å². The van der Waals surface area contributed by atoms with E-state index in [0.717, 1.165) is 19.3 Å². The molecule has 1 saturated heterocycles. The van der Waals surface area contributed by atoms with Crippen LogP contribution < -0.4 is 14.8 Å². The van der Waals surface area contributed by atoms with Crippen LogP contribution in [-0.2, 0) is 19.1 Å². The summed E-state index contributed by atoms with van der Waals surface area (Å²) < 4.78 is 15.6. The molecule has 1 aromatic carbocycles. The minimum absolute atomic E-state index is 0.0445. The van der Waals surface area contributed by atoms with Gasteiger partial charge in [-0.1, -0.05) is 6.42 Å². The first kappa shape index (κ1) is 18.0. The highest BCUT2D eigenvalue weighted by molar-refractivity contribution is 5.95. The number of likely N-dealkylation sites (tertiary alicyclic amines) is 1. The second kappa shape index (κ2) is 8.07. The molecule has 8 heteroatoms. The zero-order chi connectivity index (χ0) is 18.5. The molecule has 3 rings (SSSR count). The first-order valence-electron chi connectivity index (χ1n) is 8.71. The second-order valence-electron chi connectivity index (χ2n) is 6.32. The standard InChI is InChI=1S/C18H22N2O6/c1-12(26-17(22)10-20-8-4-2-3-5-16(20)21)18(23)19-13-6-7-14-15(9-13)25-11-24-14/h6-7,9,12H,2-5,8,10-11H2,1H3,(H,19,23). The van der Waals surface area contributed by atoms with Crippen LogP contribution >= 0.6 is 0 Å². The molecule has 1 unspecified atom stereocenters. The molecule has 0 aromatic heterocycles. The van der Waals surface area contributed by atoms with E-state index in [4.69, 9.17) is 14.2 Å². The minimum Gasteiger partial charge on any atom is -0.454 e.